The van der Waals surface area contributed by atoms with Gasteiger partial charge in [-0.25, -0.2) is 17.9 Å². The lowest BCUT2D eigenvalue weighted by Gasteiger charge is -2.04. The number of carbonyl (C=O) groups excluding carboxylic acids is 1. The standard InChI is InChI=1S/C20H17N5O4S/c1-14-7-9-15(10-8-14)21-18(26)13-24-20(27)25-17(22-24)11-12-19(23-25)30(28,29)16-5-3-2-4-6-16/h2-12H,13H2,1H3,(H,21,26). The lowest BCUT2D eigenvalue weighted by molar-refractivity contribution is -0.117. The molecule has 30 heavy (non-hydrogen) atoms. The number of aromatic nitrogens is 4. The van der Waals surface area contributed by atoms with Gasteiger partial charge in [0.1, 0.15) is 6.54 Å². The van der Waals surface area contributed by atoms with Gasteiger partial charge in [0.05, 0.1) is 4.90 Å². The number of hydrogen-bond donors (Lipinski definition) is 1. The predicted molar refractivity (Wildman–Crippen MR) is 109 cm³/mol. The van der Waals surface area contributed by atoms with Crippen LogP contribution in [0.25, 0.3) is 5.65 Å². The minimum absolute atomic E-state index is 0.0646. The van der Waals surface area contributed by atoms with Gasteiger partial charge in [-0.05, 0) is 43.3 Å². The van der Waals surface area contributed by atoms with Crippen LogP contribution in [0, 0.1) is 6.92 Å². The Bertz CT molecular complexity index is 1390. The molecule has 0 atom stereocenters. The Balaban J connectivity index is 1.62. The number of nitrogens with one attached hydrogen (secondary N) is 1. The van der Waals surface area contributed by atoms with Crippen LogP contribution in [0.5, 0.6) is 0 Å². The van der Waals surface area contributed by atoms with E-state index in [1.54, 1.807) is 30.3 Å². The zero-order valence-corrected chi connectivity index (χ0v) is 16.7. The highest BCUT2D eigenvalue weighted by atomic mass is 32.2. The number of amides is 1. The third-order valence-electron chi connectivity index (χ3n) is 4.37. The predicted octanol–water partition coefficient (Wildman–Crippen LogP) is 1.67. The molecule has 10 heteroatoms. The first-order chi connectivity index (χ1) is 14.3. The Morgan fingerprint density at radius 2 is 1.67 bits per heavy atom. The molecular weight excluding hydrogens is 406 g/mol. The number of hydrogen-bond acceptors (Lipinski definition) is 6. The average molecular weight is 423 g/mol. The van der Waals surface area contributed by atoms with Gasteiger partial charge >= 0.3 is 5.69 Å². The molecule has 0 aliphatic carbocycles. The second-order valence-corrected chi connectivity index (χ2v) is 8.51. The molecule has 1 amide bonds. The summed E-state index contributed by atoms with van der Waals surface area (Å²) in [5.74, 6) is -0.443. The number of rotatable bonds is 5. The average Bonchev–Trinajstić information content (AvgIpc) is 3.05. The number of carbonyl (C=O) groups is 1. The molecule has 2 aromatic heterocycles. The summed E-state index contributed by atoms with van der Waals surface area (Å²) in [6.45, 7) is 1.60. The van der Waals surface area contributed by atoms with Crippen LogP contribution in [-0.4, -0.2) is 33.7 Å². The van der Waals surface area contributed by atoms with Crippen LogP contribution < -0.4 is 11.0 Å². The summed E-state index contributed by atoms with van der Waals surface area (Å²) in [7, 11) is -3.89. The van der Waals surface area contributed by atoms with Crippen molar-refractivity contribution < 1.29 is 13.2 Å². The summed E-state index contributed by atoms with van der Waals surface area (Å²) in [5, 5.41) is 10.4. The first-order valence-electron chi connectivity index (χ1n) is 8.98. The van der Waals surface area contributed by atoms with E-state index in [0.29, 0.717) is 5.69 Å². The maximum absolute atomic E-state index is 12.7. The maximum Gasteiger partial charge on any atom is 0.367 e. The SMILES string of the molecule is Cc1ccc(NC(=O)Cn2nc3ccc(S(=O)(=O)c4ccccc4)nn3c2=O)cc1. The summed E-state index contributed by atoms with van der Waals surface area (Å²) >= 11 is 0. The van der Waals surface area contributed by atoms with E-state index in [9.17, 15) is 18.0 Å². The van der Waals surface area contributed by atoms with Crippen molar-refractivity contribution in [3.05, 3.63) is 82.8 Å². The molecule has 4 rings (SSSR count). The third-order valence-corrected chi connectivity index (χ3v) is 6.03. The number of anilines is 1. The molecule has 0 aliphatic rings. The van der Waals surface area contributed by atoms with Crippen LogP contribution >= 0.6 is 0 Å². The molecule has 0 saturated carbocycles. The van der Waals surface area contributed by atoms with Gasteiger partial charge in [0.15, 0.2) is 10.7 Å². The van der Waals surface area contributed by atoms with Crippen molar-refractivity contribution in [1.82, 2.24) is 19.4 Å². The molecular formula is C20H17N5O4S. The fourth-order valence-electron chi connectivity index (χ4n) is 2.83. The number of fused-ring (bicyclic) bond motifs is 1. The lowest BCUT2D eigenvalue weighted by Crippen LogP contribution is -2.29. The van der Waals surface area contributed by atoms with E-state index in [1.165, 1.54) is 24.3 Å². The number of sulfone groups is 1. The fourth-order valence-corrected chi connectivity index (χ4v) is 4.03. The topological polar surface area (TPSA) is 115 Å². The molecule has 0 unspecified atom stereocenters. The van der Waals surface area contributed by atoms with E-state index < -0.39 is 21.4 Å². The second-order valence-electron chi connectivity index (χ2n) is 6.61. The Hall–Kier alpha value is -3.79. The number of aryl methyl sites for hydroxylation is 1. The van der Waals surface area contributed by atoms with Gasteiger partial charge in [0.2, 0.25) is 15.7 Å². The minimum Gasteiger partial charge on any atom is -0.324 e. The molecule has 2 heterocycles. The molecule has 9 nitrogen and oxygen atoms in total. The van der Waals surface area contributed by atoms with Crippen molar-refractivity contribution in [3.8, 4) is 0 Å². The zero-order chi connectivity index (χ0) is 21.3. The Morgan fingerprint density at radius 3 is 2.37 bits per heavy atom. The van der Waals surface area contributed by atoms with E-state index >= 15 is 0 Å². The molecule has 0 bridgehead atoms. The third kappa shape index (κ3) is 3.72. The molecule has 1 N–H and O–H groups in total. The van der Waals surface area contributed by atoms with Crippen molar-refractivity contribution in [1.29, 1.82) is 0 Å². The van der Waals surface area contributed by atoms with E-state index in [1.807, 2.05) is 19.1 Å². The van der Waals surface area contributed by atoms with E-state index in [2.05, 4.69) is 15.5 Å². The number of benzene rings is 2. The van der Waals surface area contributed by atoms with E-state index in [0.717, 1.165) is 14.8 Å². The summed E-state index contributed by atoms with van der Waals surface area (Å²) in [6.07, 6.45) is 0. The van der Waals surface area contributed by atoms with Gasteiger partial charge in [0.25, 0.3) is 0 Å². The van der Waals surface area contributed by atoms with Crippen LogP contribution in [0.4, 0.5) is 5.69 Å². The smallest absolute Gasteiger partial charge is 0.324 e. The van der Waals surface area contributed by atoms with Crippen LogP contribution in [0.1, 0.15) is 5.56 Å². The largest absolute Gasteiger partial charge is 0.367 e. The first kappa shape index (κ1) is 19.5. The van der Waals surface area contributed by atoms with E-state index in [4.69, 9.17) is 0 Å². The van der Waals surface area contributed by atoms with Gasteiger partial charge in [-0.3, -0.25) is 4.79 Å². The lowest BCUT2D eigenvalue weighted by atomic mass is 10.2. The van der Waals surface area contributed by atoms with Crippen molar-refractivity contribution in [3.63, 3.8) is 0 Å². The van der Waals surface area contributed by atoms with Crippen molar-refractivity contribution in [2.45, 2.75) is 23.4 Å². The molecule has 0 fully saturated rings. The second kappa shape index (κ2) is 7.56. The maximum atomic E-state index is 12.7. The summed E-state index contributed by atoms with van der Waals surface area (Å²) in [5.41, 5.74) is 1.07. The summed E-state index contributed by atoms with van der Waals surface area (Å²) < 4.78 is 27.3. The van der Waals surface area contributed by atoms with Crippen LogP contribution in [-0.2, 0) is 21.2 Å². The molecule has 0 saturated heterocycles. The summed E-state index contributed by atoms with van der Waals surface area (Å²) in [4.78, 5) is 24.9. The quantitative estimate of drug-likeness (QED) is 0.522. The highest BCUT2D eigenvalue weighted by Crippen LogP contribution is 2.18. The van der Waals surface area contributed by atoms with Crippen LogP contribution in [0.2, 0.25) is 0 Å². The van der Waals surface area contributed by atoms with Gasteiger partial charge in [-0.15, -0.1) is 10.2 Å². The monoisotopic (exact) mass is 423 g/mol. The van der Waals surface area contributed by atoms with E-state index in [-0.39, 0.29) is 22.1 Å². The molecule has 0 aliphatic heterocycles. The molecule has 2 aromatic carbocycles. The molecule has 4 aromatic rings. The Labute approximate surface area is 171 Å². The normalized spacial score (nSPS) is 11.5. The van der Waals surface area contributed by atoms with Gasteiger partial charge in [-0.2, -0.15) is 4.52 Å². The van der Waals surface area contributed by atoms with Gasteiger partial charge in [-0.1, -0.05) is 35.9 Å². The van der Waals surface area contributed by atoms with Crippen molar-refractivity contribution in [2.24, 2.45) is 0 Å². The van der Waals surface area contributed by atoms with Gasteiger partial charge < -0.3 is 5.32 Å². The Morgan fingerprint density at radius 1 is 0.967 bits per heavy atom. The van der Waals surface area contributed by atoms with Crippen LogP contribution in [0.15, 0.2) is 81.4 Å². The van der Waals surface area contributed by atoms with Crippen molar-refractivity contribution in [2.75, 3.05) is 5.32 Å². The molecule has 0 radical (unpaired) electrons. The Kier molecular flexibility index (Phi) is 4.92. The minimum atomic E-state index is -3.89. The molecule has 152 valence electrons. The summed E-state index contributed by atoms with van der Waals surface area (Å²) in [6, 6.07) is 17.7. The first-order valence-corrected chi connectivity index (χ1v) is 10.5. The van der Waals surface area contributed by atoms with Gasteiger partial charge in [0, 0.05) is 5.69 Å². The fraction of sp³-hybridized carbons (Fsp3) is 0.100. The van der Waals surface area contributed by atoms with Crippen LogP contribution in [0.3, 0.4) is 0 Å². The highest BCUT2D eigenvalue weighted by Gasteiger charge is 2.21. The zero-order valence-electron chi connectivity index (χ0n) is 15.9. The van der Waals surface area contributed by atoms with Crippen molar-refractivity contribution >= 4 is 27.1 Å². The molecule has 0 spiro atoms. The highest BCUT2D eigenvalue weighted by molar-refractivity contribution is 7.91. The number of nitrogens with zero attached hydrogens (tertiary/aromatic N) is 4.